The number of ketones is 1. The summed E-state index contributed by atoms with van der Waals surface area (Å²) in [6, 6.07) is 8.47. The summed E-state index contributed by atoms with van der Waals surface area (Å²) < 4.78 is 4.67. The van der Waals surface area contributed by atoms with Gasteiger partial charge in [-0.2, -0.15) is 0 Å². The van der Waals surface area contributed by atoms with Crippen molar-refractivity contribution in [2.24, 2.45) is 0 Å². The number of nitrogens with one attached hydrogen (secondary N) is 1. The van der Waals surface area contributed by atoms with Crippen LogP contribution in [0.5, 0.6) is 0 Å². The molecular weight excluding hydrogens is 316 g/mol. The normalized spacial score (nSPS) is 17.8. The van der Waals surface area contributed by atoms with Crippen molar-refractivity contribution < 1.29 is 14.3 Å². The average Bonchev–Trinajstić information content (AvgIpc) is 2.99. The van der Waals surface area contributed by atoms with E-state index in [0.29, 0.717) is 12.8 Å². The molecule has 0 bridgehead atoms. The van der Waals surface area contributed by atoms with Crippen LogP contribution in [0.15, 0.2) is 36.4 Å². The first-order valence-electron chi connectivity index (χ1n) is 8.67. The largest absolute Gasteiger partial charge is 0.466 e. The van der Waals surface area contributed by atoms with Gasteiger partial charge in [-0.05, 0) is 31.4 Å². The number of carbonyl (C=O) groups excluding carboxylic acids is 2. The van der Waals surface area contributed by atoms with Gasteiger partial charge in [-0.15, -0.1) is 0 Å². The van der Waals surface area contributed by atoms with Crippen LogP contribution >= 0.6 is 0 Å². The Labute approximate surface area is 147 Å². The third-order valence-electron chi connectivity index (χ3n) is 4.84. The predicted molar refractivity (Wildman–Crippen MR) is 97.4 cm³/mol. The second-order valence-electron chi connectivity index (χ2n) is 6.48. The van der Waals surface area contributed by atoms with Gasteiger partial charge in [-0.3, -0.25) is 9.69 Å². The predicted octanol–water partition coefficient (Wildman–Crippen LogP) is 3.17. The van der Waals surface area contributed by atoms with Gasteiger partial charge in [0, 0.05) is 42.2 Å². The number of H-pyrrole nitrogens is 1. The molecule has 0 fully saturated rings. The van der Waals surface area contributed by atoms with Crippen LogP contribution in [0.2, 0.25) is 0 Å². The zero-order valence-electron chi connectivity index (χ0n) is 14.7. The lowest BCUT2D eigenvalue weighted by Crippen LogP contribution is -2.36. The number of methoxy groups -OCH3 is 1. The highest BCUT2D eigenvalue weighted by Gasteiger charge is 2.29. The number of para-hydroxylation sites is 1. The Morgan fingerprint density at radius 1 is 1.36 bits per heavy atom. The number of aromatic nitrogens is 1. The highest BCUT2D eigenvalue weighted by Crippen LogP contribution is 2.36. The highest BCUT2D eigenvalue weighted by atomic mass is 16.5. The topological polar surface area (TPSA) is 62.4 Å². The molecule has 0 aliphatic carbocycles. The van der Waals surface area contributed by atoms with Crippen molar-refractivity contribution in [2.45, 2.75) is 32.2 Å². The molecule has 1 N–H and O–H groups in total. The Hall–Kier alpha value is -2.40. The maximum absolute atomic E-state index is 11.4. The molecule has 25 heavy (non-hydrogen) atoms. The van der Waals surface area contributed by atoms with Crippen LogP contribution in [0.1, 0.15) is 37.1 Å². The van der Waals surface area contributed by atoms with E-state index < -0.39 is 0 Å². The molecule has 1 aromatic heterocycles. The molecule has 0 saturated carbocycles. The third kappa shape index (κ3) is 3.82. The van der Waals surface area contributed by atoms with Gasteiger partial charge in [0.1, 0.15) is 5.78 Å². The molecule has 3 rings (SSSR count). The van der Waals surface area contributed by atoms with E-state index >= 15 is 0 Å². The van der Waals surface area contributed by atoms with Gasteiger partial charge >= 0.3 is 5.97 Å². The molecule has 0 radical (unpaired) electrons. The van der Waals surface area contributed by atoms with Gasteiger partial charge < -0.3 is 9.72 Å². The van der Waals surface area contributed by atoms with Crippen LogP contribution in [0.4, 0.5) is 0 Å². The number of hydrogen-bond acceptors (Lipinski definition) is 4. The summed E-state index contributed by atoms with van der Waals surface area (Å²) in [5.74, 6) is -0.144. The number of rotatable bonds is 6. The summed E-state index contributed by atoms with van der Waals surface area (Å²) >= 11 is 0. The molecule has 1 aromatic carbocycles. The number of ether oxygens (including phenoxy) is 1. The van der Waals surface area contributed by atoms with Gasteiger partial charge in [-0.1, -0.05) is 24.3 Å². The van der Waals surface area contributed by atoms with Crippen molar-refractivity contribution in [1.29, 1.82) is 0 Å². The van der Waals surface area contributed by atoms with Crippen LogP contribution in [0, 0.1) is 0 Å². The molecule has 0 spiro atoms. The van der Waals surface area contributed by atoms with Crippen molar-refractivity contribution in [3.63, 3.8) is 0 Å². The fourth-order valence-corrected chi connectivity index (χ4v) is 3.57. The van der Waals surface area contributed by atoms with E-state index in [0.717, 1.165) is 25.0 Å². The molecule has 2 aromatic rings. The molecule has 1 unspecified atom stereocenters. The Balaban J connectivity index is 1.90. The van der Waals surface area contributed by atoms with Gasteiger partial charge in [0.2, 0.25) is 0 Å². The lowest BCUT2D eigenvalue weighted by Gasteiger charge is -2.35. The number of nitrogens with zero attached hydrogens (tertiary/aromatic N) is 1. The minimum Gasteiger partial charge on any atom is -0.466 e. The van der Waals surface area contributed by atoms with Gasteiger partial charge in [-0.25, -0.2) is 4.79 Å². The third-order valence-corrected chi connectivity index (χ3v) is 4.84. The van der Waals surface area contributed by atoms with Gasteiger partial charge in [0.25, 0.3) is 0 Å². The molecule has 0 amide bonds. The van der Waals surface area contributed by atoms with E-state index in [1.807, 2.05) is 12.1 Å². The Kier molecular flexibility index (Phi) is 5.34. The molecule has 1 atom stereocenters. The van der Waals surface area contributed by atoms with Crippen molar-refractivity contribution >= 4 is 22.7 Å². The Morgan fingerprint density at radius 2 is 2.16 bits per heavy atom. The molecule has 0 saturated heterocycles. The van der Waals surface area contributed by atoms with E-state index in [1.54, 1.807) is 6.92 Å². The Bertz CT molecular complexity index is 806. The van der Waals surface area contributed by atoms with Crippen molar-refractivity contribution in [3.8, 4) is 0 Å². The Morgan fingerprint density at radius 3 is 2.92 bits per heavy atom. The fourth-order valence-electron chi connectivity index (χ4n) is 3.57. The standard InChI is InChI=1S/C20H24N2O3/c1-14(23)10-12-22-13-11-16-15-6-3-4-7-17(15)21-20(16)18(22)8-5-9-19(24)25-2/h3-7,9,18,21H,8,10-13H2,1-2H3/b9-5+. The number of carbonyl (C=O) groups is 2. The molecular formula is C20H24N2O3. The maximum Gasteiger partial charge on any atom is 0.330 e. The number of Topliss-reactive ketones (excluding diaryl/α,β-unsaturated/α-hetero) is 1. The number of aromatic amines is 1. The fraction of sp³-hybridized carbons (Fsp3) is 0.400. The van der Waals surface area contributed by atoms with E-state index in [2.05, 4.69) is 32.8 Å². The molecule has 5 nitrogen and oxygen atoms in total. The quantitative estimate of drug-likeness (QED) is 0.648. The number of esters is 1. The molecule has 1 aliphatic rings. The summed E-state index contributed by atoms with van der Waals surface area (Å²) in [7, 11) is 1.38. The molecule has 2 heterocycles. The minimum absolute atomic E-state index is 0.136. The minimum atomic E-state index is -0.344. The van der Waals surface area contributed by atoms with Crippen molar-refractivity contribution in [1.82, 2.24) is 9.88 Å². The number of fused-ring (bicyclic) bond motifs is 3. The average molecular weight is 340 g/mol. The van der Waals surface area contributed by atoms with E-state index in [-0.39, 0.29) is 17.8 Å². The van der Waals surface area contributed by atoms with E-state index in [1.165, 1.54) is 29.8 Å². The van der Waals surface area contributed by atoms with E-state index in [9.17, 15) is 9.59 Å². The molecule has 5 heteroatoms. The van der Waals surface area contributed by atoms with Gasteiger partial charge in [0.15, 0.2) is 0 Å². The first-order chi connectivity index (χ1) is 12.1. The summed E-state index contributed by atoms with van der Waals surface area (Å²) in [6.45, 7) is 3.28. The lowest BCUT2D eigenvalue weighted by atomic mass is 9.95. The second-order valence-corrected chi connectivity index (χ2v) is 6.48. The first kappa shape index (κ1) is 17.4. The zero-order valence-corrected chi connectivity index (χ0v) is 14.7. The number of hydrogen-bond donors (Lipinski definition) is 1. The number of benzene rings is 1. The van der Waals surface area contributed by atoms with Gasteiger partial charge in [0.05, 0.1) is 13.2 Å². The summed E-state index contributed by atoms with van der Waals surface area (Å²) in [5, 5.41) is 1.27. The smallest absolute Gasteiger partial charge is 0.330 e. The SMILES string of the molecule is COC(=O)/C=C/CC1c2[nH]c3ccccc3c2CCN1CCC(C)=O. The second kappa shape index (κ2) is 7.66. The zero-order chi connectivity index (χ0) is 17.8. The lowest BCUT2D eigenvalue weighted by molar-refractivity contribution is -0.134. The van der Waals surface area contributed by atoms with Crippen LogP contribution in [-0.2, 0) is 20.7 Å². The monoisotopic (exact) mass is 340 g/mol. The van der Waals surface area contributed by atoms with Crippen molar-refractivity contribution in [2.75, 3.05) is 20.2 Å². The first-order valence-corrected chi connectivity index (χ1v) is 8.67. The van der Waals surface area contributed by atoms with Crippen LogP contribution in [0.3, 0.4) is 0 Å². The van der Waals surface area contributed by atoms with Crippen LogP contribution < -0.4 is 0 Å². The van der Waals surface area contributed by atoms with E-state index in [4.69, 9.17) is 0 Å². The highest BCUT2D eigenvalue weighted by molar-refractivity contribution is 5.85. The summed E-state index contributed by atoms with van der Waals surface area (Å²) in [5.41, 5.74) is 3.69. The summed E-state index contributed by atoms with van der Waals surface area (Å²) in [4.78, 5) is 28.7. The molecule has 132 valence electrons. The van der Waals surface area contributed by atoms with Crippen molar-refractivity contribution in [3.05, 3.63) is 47.7 Å². The van der Waals surface area contributed by atoms with Crippen LogP contribution in [0.25, 0.3) is 10.9 Å². The molecule has 1 aliphatic heterocycles. The van der Waals surface area contributed by atoms with Crippen LogP contribution in [-0.4, -0.2) is 41.8 Å². The maximum atomic E-state index is 11.4. The summed E-state index contributed by atoms with van der Waals surface area (Å²) in [6.07, 6.45) is 5.55.